The van der Waals surface area contributed by atoms with Gasteiger partial charge in [0.25, 0.3) is 5.91 Å². The molecule has 0 radical (unpaired) electrons. The number of carbonyl (C=O) groups is 1. The molecule has 0 bridgehead atoms. The van der Waals surface area contributed by atoms with Crippen LogP contribution in [0.25, 0.3) is 0 Å². The molecule has 144 valence electrons. The summed E-state index contributed by atoms with van der Waals surface area (Å²) in [7, 11) is 0. The van der Waals surface area contributed by atoms with Gasteiger partial charge in [-0.25, -0.2) is 9.97 Å². The Kier molecular flexibility index (Phi) is 5.62. The van der Waals surface area contributed by atoms with E-state index in [2.05, 4.69) is 15.3 Å². The van der Waals surface area contributed by atoms with Crippen LogP contribution in [0.5, 0.6) is 0 Å². The fourth-order valence-corrected chi connectivity index (χ4v) is 3.07. The van der Waals surface area contributed by atoms with Crippen molar-refractivity contribution in [1.82, 2.24) is 14.9 Å². The first kappa shape index (κ1) is 19.1. The second-order valence-electron chi connectivity index (χ2n) is 6.59. The molecule has 1 amide bonds. The van der Waals surface area contributed by atoms with E-state index in [1.807, 2.05) is 0 Å². The van der Waals surface area contributed by atoms with Crippen molar-refractivity contribution in [3.8, 4) is 0 Å². The maximum Gasteiger partial charge on any atom is 0.416 e. The van der Waals surface area contributed by atoms with Gasteiger partial charge in [0.2, 0.25) is 0 Å². The first-order chi connectivity index (χ1) is 12.8. The highest BCUT2D eigenvalue weighted by Crippen LogP contribution is 2.30. The number of benzene rings is 1. The van der Waals surface area contributed by atoms with Gasteiger partial charge < -0.3 is 10.2 Å². The van der Waals surface area contributed by atoms with E-state index in [9.17, 15) is 18.0 Å². The van der Waals surface area contributed by atoms with Crippen molar-refractivity contribution in [2.24, 2.45) is 0 Å². The van der Waals surface area contributed by atoms with Gasteiger partial charge in [-0.05, 0) is 44.0 Å². The summed E-state index contributed by atoms with van der Waals surface area (Å²) in [5, 5.41) is 2.94. The Morgan fingerprint density at radius 1 is 1.04 bits per heavy atom. The fourth-order valence-electron chi connectivity index (χ4n) is 3.07. The maximum atomic E-state index is 12.7. The summed E-state index contributed by atoms with van der Waals surface area (Å²) in [5.74, 6) is 0.656. The number of likely N-dealkylation sites (tertiary alicyclic amines) is 1. The molecule has 2 heterocycles. The Hall–Kier alpha value is -2.64. The van der Waals surface area contributed by atoms with Crippen LogP contribution < -0.4 is 5.32 Å². The van der Waals surface area contributed by atoms with Crippen LogP contribution in [-0.2, 0) is 6.18 Å². The second-order valence-corrected chi connectivity index (χ2v) is 6.59. The number of carbonyl (C=O) groups excluding carboxylic acids is 1. The first-order valence-electron chi connectivity index (χ1n) is 8.92. The van der Waals surface area contributed by atoms with Gasteiger partial charge in [0, 0.05) is 24.8 Å². The van der Waals surface area contributed by atoms with Crippen molar-refractivity contribution in [3.05, 3.63) is 47.4 Å². The molecule has 1 aromatic carbocycles. The predicted octanol–water partition coefficient (Wildman–Crippen LogP) is 4.56. The van der Waals surface area contributed by atoms with Crippen molar-refractivity contribution in [3.63, 3.8) is 0 Å². The minimum atomic E-state index is -4.38. The van der Waals surface area contributed by atoms with E-state index in [-0.39, 0.29) is 5.91 Å². The third-order valence-corrected chi connectivity index (χ3v) is 4.43. The normalized spacial score (nSPS) is 15.3. The number of nitrogens with zero attached hydrogens (tertiary/aromatic N) is 3. The van der Waals surface area contributed by atoms with Gasteiger partial charge in [-0.3, -0.25) is 4.79 Å². The summed E-state index contributed by atoms with van der Waals surface area (Å²) < 4.78 is 38.0. The van der Waals surface area contributed by atoms with Crippen LogP contribution in [0.3, 0.4) is 0 Å². The number of amides is 1. The van der Waals surface area contributed by atoms with Crippen LogP contribution in [0.4, 0.5) is 24.7 Å². The number of hydrogen-bond donors (Lipinski definition) is 1. The monoisotopic (exact) mass is 378 g/mol. The van der Waals surface area contributed by atoms with Crippen LogP contribution in [0.1, 0.15) is 47.6 Å². The molecule has 3 rings (SSSR count). The van der Waals surface area contributed by atoms with Gasteiger partial charge >= 0.3 is 6.18 Å². The SMILES string of the molecule is Cc1nc(Nc2ccc(C(F)(F)F)cc2)cc(C(=O)N2CCCCCC2)n1. The maximum absolute atomic E-state index is 12.7. The van der Waals surface area contributed by atoms with Gasteiger partial charge in [-0.15, -0.1) is 0 Å². The Balaban J connectivity index is 1.77. The molecule has 0 unspecified atom stereocenters. The van der Waals surface area contributed by atoms with Crippen LogP contribution in [0, 0.1) is 6.92 Å². The lowest BCUT2D eigenvalue weighted by Crippen LogP contribution is -2.32. The van der Waals surface area contributed by atoms with Crippen molar-refractivity contribution >= 4 is 17.4 Å². The number of rotatable bonds is 3. The average molecular weight is 378 g/mol. The molecule has 2 aromatic rings. The van der Waals surface area contributed by atoms with Crippen molar-refractivity contribution in [1.29, 1.82) is 0 Å². The number of aromatic nitrogens is 2. The highest BCUT2D eigenvalue weighted by molar-refractivity contribution is 5.93. The number of aryl methyl sites for hydroxylation is 1. The molecule has 0 saturated carbocycles. The van der Waals surface area contributed by atoms with Gasteiger partial charge in [0.1, 0.15) is 17.3 Å². The van der Waals surface area contributed by atoms with E-state index in [1.165, 1.54) is 18.2 Å². The third kappa shape index (κ3) is 4.96. The number of halogens is 3. The van der Waals surface area contributed by atoms with Crippen LogP contribution >= 0.6 is 0 Å². The fraction of sp³-hybridized carbons (Fsp3) is 0.421. The van der Waals surface area contributed by atoms with Crippen LogP contribution in [0.2, 0.25) is 0 Å². The standard InChI is InChI=1S/C19H21F3N4O/c1-13-23-16(18(27)26-10-4-2-3-5-11-26)12-17(24-13)25-15-8-6-14(7-9-15)19(20,21)22/h6-9,12H,2-5,10-11H2,1H3,(H,23,24,25). The average Bonchev–Trinajstić information content (AvgIpc) is 2.89. The zero-order valence-electron chi connectivity index (χ0n) is 15.0. The van der Waals surface area contributed by atoms with Gasteiger partial charge in [-0.1, -0.05) is 12.8 Å². The molecule has 0 spiro atoms. The summed E-state index contributed by atoms with van der Waals surface area (Å²) in [6, 6.07) is 6.20. The van der Waals surface area contributed by atoms with Crippen LogP contribution in [-0.4, -0.2) is 33.9 Å². The van der Waals surface area contributed by atoms with E-state index < -0.39 is 11.7 Å². The van der Waals surface area contributed by atoms with Gasteiger partial charge in [0.05, 0.1) is 5.56 Å². The molecule has 1 aliphatic heterocycles. The molecular weight excluding hydrogens is 357 g/mol. The summed E-state index contributed by atoms with van der Waals surface area (Å²) in [6.07, 6.45) is -0.184. The van der Waals surface area contributed by atoms with E-state index >= 15 is 0 Å². The summed E-state index contributed by atoms with van der Waals surface area (Å²) in [5.41, 5.74) is 0.0250. The smallest absolute Gasteiger partial charge is 0.340 e. The minimum Gasteiger partial charge on any atom is -0.340 e. The highest BCUT2D eigenvalue weighted by atomic mass is 19.4. The molecule has 1 N–H and O–H groups in total. The molecular formula is C19H21F3N4O. The van der Waals surface area contributed by atoms with E-state index in [0.717, 1.165) is 37.8 Å². The summed E-state index contributed by atoms with van der Waals surface area (Å²) >= 11 is 0. The van der Waals surface area contributed by atoms with Gasteiger partial charge in [-0.2, -0.15) is 13.2 Å². The van der Waals surface area contributed by atoms with Crippen molar-refractivity contribution in [2.75, 3.05) is 18.4 Å². The lowest BCUT2D eigenvalue weighted by Gasteiger charge is -2.20. The molecule has 1 aromatic heterocycles. The summed E-state index contributed by atoms with van der Waals surface area (Å²) in [6.45, 7) is 3.10. The Morgan fingerprint density at radius 3 is 2.26 bits per heavy atom. The molecule has 1 fully saturated rings. The van der Waals surface area contributed by atoms with E-state index in [0.29, 0.717) is 36.1 Å². The second kappa shape index (κ2) is 7.94. The van der Waals surface area contributed by atoms with Crippen molar-refractivity contribution in [2.45, 2.75) is 38.8 Å². The molecule has 1 saturated heterocycles. The Bertz CT molecular complexity index is 798. The molecule has 1 aliphatic rings. The summed E-state index contributed by atoms with van der Waals surface area (Å²) in [4.78, 5) is 23.0. The minimum absolute atomic E-state index is 0.141. The lowest BCUT2D eigenvalue weighted by molar-refractivity contribution is -0.137. The highest BCUT2D eigenvalue weighted by Gasteiger charge is 2.30. The third-order valence-electron chi connectivity index (χ3n) is 4.43. The zero-order chi connectivity index (χ0) is 19.4. The molecule has 0 atom stereocenters. The zero-order valence-corrected chi connectivity index (χ0v) is 15.0. The quantitative estimate of drug-likeness (QED) is 0.850. The molecule has 8 heteroatoms. The van der Waals surface area contributed by atoms with E-state index in [4.69, 9.17) is 0 Å². The Labute approximate surface area is 155 Å². The van der Waals surface area contributed by atoms with Crippen LogP contribution in [0.15, 0.2) is 30.3 Å². The van der Waals surface area contributed by atoms with E-state index in [1.54, 1.807) is 11.8 Å². The Morgan fingerprint density at radius 2 is 1.67 bits per heavy atom. The predicted molar refractivity (Wildman–Crippen MR) is 95.9 cm³/mol. The molecule has 0 aliphatic carbocycles. The number of nitrogens with one attached hydrogen (secondary N) is 1. The first-order valence-corrected chi connectivity index (χ1v) is 8.92. The number of hydrogen-bond acceptors (Lipinski definition) is 4. The topological polar surface area (TPSA) is 58.1 Å². The largest absolute Gasteiger partial charge is 0.416 e. The molecule has 5 nitrogen and oxygen atoms in total. The number of alkyl halides is 3. The van der Waals surface area contributed by atoms with Gasteiger partial charge in [0.15, 0.2) is 0 Å². The van der Waals surface area contributed by atoms with Crippen molar-refractivity contribution < 1.29 is 18.0 Å². The lowest BCUT2D eigenvalue weighted by atomic mass is 10.2. The number of anilines is 2. The molecule has 27 heavy (non-hydrogen) atoms.